The first-order valence-electron chi connectivity index (χ1n) is 13.2. The van der Waals surface area contributed by atoms with Crippen LogP contribution in [-0.2, 0) is 37.5 Å². The van der Waals surface area contributed by atoms with E-state index in [2.05, 4.69) is 23.6 Å². The molecule has 0 rings (SSSR count). The van der Waals surface area contributed by atoms with Crippen molar-refractivity contribution >= 4 is 25.7 Å². The van der Waals surface area contributed by atoms with Gasteiger partial charge in [0.15, 0.2) is 6.10 Å². The Morgan fingerprint density at radius 2 is 1.41 bits per heavy atom. The molecule has 4 N–H and O–H groups in total. The summed E-state index contributed by atoms with van der Waals surface area (Å²) in [6.07, 6.45) is 15.8. The summed E-state index contributed by atoms with van der Waals surface area (Å²) in [6.45, 7) is 2.06. The predicted octanol–water partition coefficient (Wildman–Crippen LogP) is 4.65. The van der Waals surface area contributed by atoms with Crippen LogP contribution in [0, 0.1) is 0 Å². The Morgan fingerprint density at radius 1 is 0.838 bits per heavy atom. The van der Waals surface area contributed by atoms with Crippen LogP contribution in [0.4, 0.5) is 0 Å². The Morgan fingerprint density at radius 3 is 2.00 bits per heavy atom. The molecule has 0 aliphatic rings. The number of allylic oxidation sites excluding steroid dienone is 2. The van der Waals surface area contributed by atoms with E-state index in [1.54, 1.807) is 6.92 Å². The number of phosphoric ester groups is 1. The van der Waals surface area contributed by atoms with Gasteiger partial charge in [0.1, 0.15) is 12.6 Å². The number of nitrogens with two attached hydrogens (primary N) is 1. The molecule has 216 valence electrons. The number of hydrogen-bond donors (Lipinski definition) is 3. The zero-order valence-electron chi connectivity index (χ0n) is 22.3. The SMILES string of the molecule is CCCCCC/C=C\CCCCCCCC(=O)OC[C@H](COP(=O)(O)OC[C@H](N)C(=O)O)OC(=O)CC. The van der Waals surface area contributed by atoms with Crippen LogP contribution < -0.4 is 5.73 Å². The van der Waals surface area contributed by atoms with Crippen molar-refractivity contribution in [2.75, 3.05) is 19.8 Å². The summed E-state index contributed by atoms with van der Waals surface area (Å²) < 4.78 is 31.4. The second-order valence-corrected chi connectivity index (χ2v) is 10.2. The van der Waals surface area contributed by atoms with Crippen molar-refractivity contribution in [2.24, 2.45) is 5.73 Å². The summed E-state index contributed by atoms with van der Waals surface area (Å²) in [5.41, 5.74) is 5.21. The van der Waals surface area contributed by atoms with Crippen molar-refractivity contribution < 1.29 is 47.5 Å². The van der Waals surface area contributed by atoms with Gasteiger partial charge in [-0.1, -0.05) is 64.5 Å². The topological polar surface area (TPSA) is 172 Å². The average Bonchev–Trinajstić information content (AvgIpc) is 2.86. The maximum atomic E-state index is 12.0. The molecule has 0 spiro atoms. The Bertz CT molecular complexity index is 716. The number of phosphoric acid groups is 1. The summed E-state index contributed by atoms with van der Waals surface area (Å²) in [5, 5.41) is 8.69. The molecule has 0 amide bonds. The van der Waals surface area contributed by atoms with E-state index in [0.717, 1.165) is 38.5 Å². The van der Waals surface area contributed by atoms with E-state index in [1.807, 2.05) is 0 Å². The van der Waals surface area contributed by atoms with Gasteiger partial charge in [0, 0.05) is 12.8 Å². The lowest BCUT2D eigenvalue weighted by molar-refractivity contribution is -0.161. The molecule has 0 heterocycles. The molecule has 11 nitrogen and oxygen atoms in total. The normalized spacial score (nSPS) is 14.7. The second-order valence-electron chi connectivity index (χ2n) is 8.78. The van der Waals surface area contributed by atoms with Gasteiger partial charge < -0.3 is 25.2 Å². The second kappa shape index (κ2) is 22.2. The average molecular weight is 552 g/mol. The van der Waals surface area contributed by atoms with E-state index in [-0.39, 0.29) is 19.4 Å². The molecule has 0 bridgehead atoms. The highest BCUT2D eigenvalue weighted by Gasteiger charge is 2.27. The molecule has 0 saturated carbocycles. The van der Waals surface area contributed by atoms with Crippen molar-refractivity contribution in [3.8, 4) is 0 Å². The number of carboxylic acids is 1. The number of rotatable bonds is 24. The Balaban J connectivity index is 4.14. The number of carbonyl (C=O) groups excluding carboxylic acids is 2. The fourth-order valence-electron chi connectivity index (χ4n) is 3.09. The van der Waals surface area contributed by atoms with Crippen LogP contribution in [0.3, 0.4) is 0 Å². The molecule has 0 fully saturated rings. The Labute approximate surface area is 220 Å². The number of carboxylic acid groups (broad SMARTS) is 1. The molecule has 0 aromatic carbocycles. The van der Waals surface area contributed by atoms with Crippen LogP contribution in [0.2, 0.25) is 0 Å². The van der Waals surface area contributed by atoms with E-state index in [9.17, 15) is 23.8 Å². The van der Waals surface area contributed by atoms with Crippen molar-refractivity contribution in [2.45, 2.75) is 109 Å². The van der Waals surface area contributed by atoms with Gasteiger partial charge >= 0.3 is 25.7 Å². The molecule has 0 aromatic rings. The molecule has 37 heavy (non-hydrogen) atoms. The van der Waals surface area contributed by atoms with Crippen molar-refractivity contribution in [3.63, 3.8) is 0 Å². The lowest BCUT2D eigenvalue weighted by Gasteiger charge is -2.20. The molecular formula is C25H46NO10P. The molecule has 12 heteroatoms. The fraction of sp³-hybridized carbons (Fsp3) is 0.800. The highest BCUT2D eigenvalue weighted by Crippen LogP contribution is 2.43. The third-order valence-electron chi connectivity index (χ3n) is 5.32. The van der Waals surface area contributed by atoms with Gasteiger partial charge in [0.2, 0.25) is 0 Å². The van der Waals surface area contributed by atoms with Crippen LogP contribution in [0.25, 0.3) is 0 Å². The van der Waals surface area contributed by atoms with Gasteiger partial charge in [-0.05, 0) is 32.1 Å². The smallest absolute Gasteiger partial charge is 0.472 e. The van der Waals surface area contributed by atoms with Crippen LogP contribution in [-0.4, -0.2) is 59.9 Å². The minimum atomic E-state index is -4.66. The first-order valence-corrected chi connectivity index (χ1v) is 14.7. The first kappa shape index (κ1) is 35.2. The minimum Gasteiger partial charge on any atom is -0.480 e. The molecular weight excluding hydrogens is 505 g/mol. The van der Waals surface area contributed by atoms with E-state index < -0.39 is 51.1 Å². The summed E-state index contributed by atoms with van der Waals surface area (Å²) in [7, 11) is -4.66. The summed E-state index contributed by atoms with van der Waals surface area (Å²) >= 11 is 0. The molecule has 0 radical (unpaired) electrons. The van der Waals surface area contributed by atoms with Crippen LogP contribution in [0.1, 0.15) is 97.3 Å². The molecule has 3 atom stereocenters. The standard InChI is InChI=1S/C25H46NO10P/c1-3-5-6-7-8-9-10-11-12-13-14-15-16-17-24(28)33-18-21(36-23(27)4-2)19-34-37(31,32)35-20-22(26)25(29)30/h9-10,21-22H,3-8,11-20,26H2,1-2H3,(H,29,30)(H,31,32)/b10-9-/t21-,22+/m1/s1. The third-order valence-corrected chi connectivity index (χ3v) is 6.27. The highest BCUT2D eigenvalue weighted by molar-refractivity contribution is 7.47. The molecule has 0 saturated heterocycles. The summed E-state index contributed by atoms with van der Waals surface area (Å²) in [5.74, 6) is -2.50. The number of ether oxygens (including phenoxy) is 2. The van der Waals surface area contributed by atoms with Crippen molar-refractivity contribution in [3.05, 3.63) is 12.2 Å². The lowest BCUT2D eigenvalue weighted by Crippen LogP contribution is -2.34. The maximum Gasteiger partial charge on any atom is 0.472 e. The highest BCUT2D eigenvalue weighted by atomic mass is 31.2. The summed E-state index contributed by atoms with van der Waals surface area (Å²) in [4.78, 5) is 44.0. The quantitative estimate of drug-likeness (QED) is 0.0659. The van der Waals surface area contributed by atoms with E-state index in [1.165, 1.54) is 25.7 Å². The largest absolute Gasteiger partial charge is 0.480 e. The molecule has 0 aromatic heterocycles. The number of esters is 2. The molecule has 0 aliphatic heterocycles. The number of hydrogen-bond acceptors (Lipinski definition) is 9. The lowest BCUT2D eigenvalue weighted by atomic mass is 10.1. The molecule has 1 unspecified atom stereocenters. The Kier molecular flexibility index (Phi) is 21.2. The Hall–Kier alpha value is -1.78. The predicted molar refractivity (Wildman–Crippen MR) is 139 cm³/mol. The van der Waals surface area contributed by atoms with Crippen molar-refractivity contribution in [1.82, 2.24) is 0 Å². The van der Waals surface area contributed by atoms with Gasteiger partial charge in [0.25, 0.3) is 0 Å². The third kappa shape index (κ3) is 22.0. The zero-order valence-corrected chi connectivity index (χ0v) is 23.2. The fourth-order valence-corrected chi connectivity index (χ4v) is 3.87. The van der Waals surface area contributed by atoms with E-state index in [0.29, 0.717) is 6.42 Å². The van der Waals surface area contributed by atoms with Gasteiger partial charge in [-0.25, -0.2) is 4.57 Å². The maximum absolute atomic E-state index is 12.0. The van der Waals surface area contributed by atoms with E-state index >= 15 is 0 Å². The van der Waals surface area contributed by atoms with Crippen molar-refractivity contribution in [1.29, 1.82) is 0 Å². The monoisotopic (exact) mass is 551 g/mol. The van der Waals surface area contributed by atoms with Gasteiger partial charge in [-0.15, -0.1) is 0 Å². The minimum absolute atomic E-state index is 0.0416. The van der Waals surface area contributed by atoms with Crippen LogP contribution in [0.5, 0.6) is 0 Å². The van der Waals surface area contributed by atoms with E-state index in [4.69, 9.17) is 24.8 Å². The first-order chi connectivity index (χ1) is 17.6. The van der Waals surface area contributed by atoms with Crippen LogP contribution >= 0.6 is 7.82 Å². The number of unbranched alkanes of at least 4 members (excludes halogenated alkanes) is 9. The number of aliphatic carboxylic acids is 1. The summed E-state index contributed by atoms with van der Waals surface area (Å²) in [6, 6.07) is -1.51. The number of carbonyl (C=O) groups is 3. The van der Waals surface area contributed by atoms with Gasteiger partial charge in [0.05, 0.1) is 13.2 Å². The molecule has 0 aliphatic carbocycles. The van der Waals surface area contributed by atoms with Gasteiger partial charge in [-0.2, -0.15) is 0 Å². The van der Waals surface area contributed by atoms with Gasteiger partial charge in [-0.3, -0.25) is 23.4 Å². The van der Waals surface area contributed by atoms with Crippen LogP contribution in [0.15, 0.2) is 12.2 Å². The zero-order chi connectivity index (χ0) is 27.9.